The maximum atomic E-state index is 10.0. The highest BCUT2D eigenvalue weighted by Gasteiger charge is 2.94. The lowest BCUT2D eigenvalue weighted by atomic mass is 9.94. The zero-order valence-electron chi connectivity index (χ0n) is 13.2. The van der Waals surface area contributed by atoms with Gasteiger partial charge in [0.2, 0.25) is 0 Å². The number of para-hydroxylation sites is 1. The monoisotopic (exact) mass is 324 g/mol. The summed E-state index contributed by atoms with van der Waals surface area (Å²) in [5.41, 5.74) is 4.29. The molecule has 0 radical (unpaired) electrons. The number of amidine groups is 1. The van der Waals surface area contributed by atoms with Crippen LogP contribution in [0.15, 0.2) is 29.3 Å². The highest BCUT2D eigenvalue weighted by Crippen LogP contribution is 2.82. The molecule has 1 spiro atoms. The summed E-state index contributed by atoms with van der Waals surface area (Å²) in [6.45, 7) is 2.97. The number of benzene rings is 1. The van der Waals surface area contributed by atoms with Crippen molar-refractivity contribution in [1.29, 1.82) is 10.5 Å². The van der Waals surface area contributed by atoms with E-state index in [1.807, 2.05) is 31.2 Å². The van der Waals surface area contributed by atoms with E-state index in [0.717, 1.165) is 5.56 Å². The molecule has 2 heterocycles. The van der Waals surface area contributed by atoms with Crippen LogP contribution >= 0.6 is 0 Å². The number of aliphatic imine (C=N–C) groups is 1. The van der Waals surface area contributed by atoms with Crippen LogP contribution in [0.3, 0.4) is 0 Å². The van der Waals surface area contributed by atoms with Crippen molar-refractivity contribution in [2.75, 3.05) is 19.8 Å². The maximum Gasteiger partial charge on any atom is 0.293 e. The molecule has 1 saturated heterocycles. The first-order valence-electron chi connectivity index (χ1n) is 7.81. The van der Waals surface area contributed by atoms with Crippen LogP contribution < -0.4 is 10.5 Å². The van der Waals surface area contributed by atoms with Crippen LogP contribution in [0.5, 0.6) is 5.75 Å². The van der Waals surface area contributed by atoms with Crippen molar-refractivity contribution < 1.29 is 14.2 Å². The number of rotatable bonds is 3. The van der Waals surface area contributed by atoms with E-state index in [1.165, 1.54) is 0 Å². The number of hydrogen-bond donors (Lipinski definition) is 1. The van der Waals surface area contributed by atoms with Gasteiger partial charge >= 0.3 is 0 Å². The first-order chi connectivity index (χ1) is 11.6. The molecule has 1 aliphatic carbocycles. The van der Waals surface area contributed by atoms with Crippen molar-refractivity contribution >= 4 is 5.84 Å². The average Bonchev–Trinajstić information content (AvgIpc) is 2.83. The molecule has 0 bridgehead atoms. The Morgan fingerprint density at radius 2 is 2.00 bits per heavy atom. The molecule has 1 aromatic rings. The second-order valence-electron chi connectivity index (χ2n) is 6.02. The Bertz CT molecular complexity index is 818. The summed E-state index contributed by atoms with van der Waals surface area (Å²) < 4.78 is 17.1. The summed E-state index contributed by atoms with van der Waals surface area (Å²) in [5.74, 6) is -1.31. The Hall–Kier alpha value is -2.61. The Kier molecular flexibility index (Phi) is 2.93. The lowest BCUT2D eigenvalue weighted by Gasteiger charge is -2.26. The van der Waals surface area contributed by atoms with Gasteiger partial charge in [0.05, 0.1) is 32.0 Å². The smallest absolute Gasteiger partial charge is 0.293 e. The van der Waals surface area contributed by atoms with Gasteiger partial charge in [0.1, 0.15) is 17.0 Å². The van der Waals surface area contributed by atoms with Crippen LogP contribution in [0.2, 0.25) is 0 Å². The van der Waals surface area contributed by atoms with Gasteiger partial charge < -0.3 is 19.9 Å². The molecule has 1 aromatic carbocycles. The minimum Gasteiger partial charge on any atom is -0.494 e. The molecule has 2 fully saturated rings. The number of ether oxygens (including phenoxy) is 3. The predicted octanol–water partition coefficient (Wildman–Crippen LogP) is 1.27. The van der Waals surface area contributed by atoms with E-state index in [0.29, 0.717) is 25.6 Å². The standard InChI is InChI=1S/C17H16N4O3/c1-2-22-12-6-4-3-5-11(12)13-15(9-18)14(20)21-17(16(13,15)10-19)23-7-8-24-17/h3-6,13H,2,7-8H2,1H3,(H2,20,21)/t13-,15+,16-/m1/s1. The van der Waals surface area contributed by atoms with Crippen molar-refractivity contribution in [3.05, 3.63) is 29.8 Å². The summed E-state index contributed by atoms with van der Waals surface area (Å²) in [6, 6.07) is 11.9. The molecule has 24 heavy (non-hydrogen) atoms. The van der Waals surface area contributed by atoms with Crippen molar-refractivity contribution in [3.8, 4) is 17.9 Å². The van der Waals surface area contributed by atoms with E-state index in [9.17, 15) is 10.5 Å². The average molecular weight is 324 g/mol. The molecular formula is C17H16N4O3. The number of nitrogens with zero attached hydrogens (tertiary/aromatic N) is 3. The molecule has 4 rings (SSSR count). The van der Waals surface area contributed by atoms with Gasteiger partial charge in [0.15, 0.2) is 5.41 Å². The van der Waals surface area contributed by atoms with Gasteiger partial charge in [-0.05, 0) is 13.0 Å². The lowest BCUT2D eigenvalue weighted by molar-refractivity contribution is -0.184. The van der Waals surface area contributed by atoms with Crippen LogP contribution in [-0.4, -0.2) is 31.6 Å². The minimum absolute atomic E-state index is 0.0877. The molecule has 7 nitrogen and oxygen atoms in total. The number of nitrogens with two attached hydrogens (primary N) is 1. The summed E-state index contributed by atoms with van der Waals surface area (Å²) >= 11 is 0. The zero-order chi connectivity index (χ0) is 17.0. The van der Waals surface area contributed by atoms with Gasteiger partial charge in [-0.25, -0.2) is 4.99 Å². The molecule has 2 N–H and O–H groups in total. The molecule has 1 saturated carbocycles. The van der Waals surface area contributed by atoms with Gasteiger partial charge in [0, 0.05) is 11.5 Å². The van der Waals surface area contributed by atoms with Gasteiger partial charge in [-0.3, -0.25) is 0 Å². The first-order valence-corrected chi connectivity index (χ1v) is 7.81. The molecule has 0 amide bonds. The van der Waals surface area contributed by atoms with Crippen molar-refractivity contribution in [1.82, 2.24) is 0 Å². The Morgan fingerprint density at radius 3 is 2.62 bits per heavy atom. The molecular weight excluding hydrogens is 308 g/mol. The van der Waals surface area contributed by atoms with E-state index in [2.05, 4.69) is 17.1 Å². The Labute approximate surface area is 139 Å². The summed E-state index contributed by atoms with van der Waals surface area (Å²) in [4.78, 5) is 4.25. The highest BCUT2D eigenvalue weighted by atomic mass is 16.8. The molecule has 0 aromatic heterocycles. The molecule has 2 aliphatic heterocycles. The van der Waals surface area contributed by atoms with E-state index in [1.54, 1.807) is 0 Å². The van der Waals surface area contributed by atoms with Gasteiger partial charge in [-0.15, -0.1) is 0 Å². The Morgan fingerprint density at radius 1 is 1.29 bits per heavy atom. The third-order valence-electron chi connectivity index (χ3n) is 5.14. The fraction of sp³-hybridized carbons (Fsp3) is 0.471. The normalized spacial score (nSPS) is 35.0. The number of nitriles is 2. The summed E-state index contributed by atoms with van der Waals surface area (Å²) in [6.07, 6.45) is 0. The van der Waals surface area contributed by atoms with E-state index < -0.39 is 22.7 Å². The van der Waals surface area contributed by atoms with Crippen LogP contribution in [0, 0.1) is 33.5 Å². The first kappa shape index (κ1) is 14.9. The molecule has 3 aliphatic rings. The van der Waals surface area contributed by atoms with Crippen molar-refractivity contribution in [2.45, 2.75) is 18.8 Å². The summed E-state index contributed by atoms with van der Waals surface area (Å²) in [7, 11) is 0. The second-order valence-corrected chi connectivity index (χ2v) is 6.02. The Balaban J connectivity index is 1.92. The number of hydrogen-bond acceptors (Lipinski definition) is 7. The van der Waals surface area contributed by atoms with E-state index in [4.69, 9.17) is 19.9 Å². The number of fused-ring (bicyclic) bond motifs is 2. The third-order valence-corrected chi connectivity index (χ3v) is 5.14. The van der Waals surface area contributed by atoms with Gasteiger partial charge in [-0.2, -0.15) is 10.5 Å². The molecule has 7 heteroatoms. The fourth-order valence-electron chi connectivity index (χ4n) is 4.19. The quantitative estimate of drug-likeness (QED) is 0.895. The molecule has 0 unspecified atom stereocenters. The lowest BCUT2D eigenvalue weighted by Crippen LogP contribution is -2.38. The van der Waals surface area contributed by atoms with E-state index in [-0.39, 0.29) is 5.84 Å². The second kappa shape index (κ2) is 4.70. The SMILES string of the molecule is CCOc1ccccc1[C@H]1[C@@]2(C#N)C3(N=C(N)[C@]12C#N)OCCO3. The van der Waals surface area contributed by atoms with E-state index >= 15 is 0 Å². The van der Waals surface area contributed by atoms with Crippen LogP contribution in [0.1, 0.15) is 18.4 Å². The van der Waals surface area contributed by atoms with Crippen molar-refractivity contribution in [3.63, 3.8) is 0 Å². The van der Waals surface area contributed by atoms with Gasteiger partial charge in [0.25, 0.3) is 5.91 Å². The fourth-order valence-corrected chi connectivity index (χ4v) is 4.19. The largest absolute Gasteiger partial charge is 0.494 e. The van der Waals surface area contributed by atoms with Crippen LogP contribution in [0.4, 0.5) is 0 Å². The highest BCUT2D eigenvalue weighted by molar-refractivity contribution is 6.00. The predicted molar refractivity (Wildman–Crippen MR) is 82.7 cm³/mol. The molecule has 3 atom stereocenters. The molecule has 122 valence electrons. The summed E-state index contributed by atoms with van der Waals surface area (Å²) in [5, 5.41) is 19.9. The van der Waals surface area contributed by atoms with Crippen LogP contribution in [0.25, 0.3) is 0 Å². The van der Waals surface area contributed by atoms with Crippen molar-refractivity contribution in [2.24, 2.45) is 21.6 Å². The van der Waals surface area contributed by atoms with Gasteiger partial charge in [-0.1, -0.05) is 18.2 Å². The van der Waals surface area contributed by atoms with Crippen LogP contribution in [-0.2, 0) is 9.47 Å². The third kappa shape index (κ3) is 1.36. The topological polar surface area (TPSA) is 114 Å². The minimum atomic E-state index is -1.51. The maximum absolute atomic E-state index is 10.0. The zero-order valence-corrected chi connectivity index (χ0v) is 13.2.